The second kappa shape index (κ2) is 7.90. The molecule has 2 aromatic carbocycles. The van der Waals surface area contributed by atoms with Crippen molar-refractivity contribution in [2.75, 3.05) is 12.1 Å². The molecule has 1 aromatic heterocycles. The van der Waals surface area contributed by atoms with Crippen LogP contribution in [0.25, 0.3) is 11.3 Å². The summed E-state index contributed by atoms with van der Waals surface area (Å²) in [7, 11) is 0. The fourth-order valence-electron chi connectivity index (χ4n) is 2.97. The first-order valence-electron chi connectivity index (χ1n) is 9.04. The average Bonchev–Trinajstić information content (AvgIpc) is 3.34. The van der Waals surface area contributed by atoms with Gasteiger partial charge in [0.1, 0.15) is 6.04 Å². The van der Waals surface area contributed by atoms with Gasteiger partial charge in [-0.05, 0) is 43.7 Å². The molecule has 2 heterocycles. The minimum absolute atomic E-state index is 0.0763. The highest BCUT2D eigenvalue weighted by atomic mass is 32.1. The summed E-state index contributed by atoms with van der Waals surface area (Å²) in [6.45, 7) is 4.50. The number of ether oxygens (including phenoxy) is 2. The minimum Gasteiger partial charge on any atom is -0.454 e. The highest BCUT2D eigenvalue weighted by Gasteiger charge is 2.15. The van der Waals surface area contributed by atoms with Crippen LogP contribution >= 0.6 is 11.3 Å². The number of anilines is 1. The second-order valence-electron chi connectivity index (χ2n) is 6.60. The van der Waals surface area contributed by atoms with Crippen molar-refractivity contribution in [3.8, 4) is 22.8 Å². The Kier molecular flexibility index (Phi) is 5.16. The van der Waals surface area contributed by atoms with E-state index in [0.29, 0.717) is 12.3 Å². The monoisotopic (exact) mass is 395 g/mol. The molecule has 1 aliphatic heterocycles. The van der Waals surface area contributed by atoms with Gasteiger partial charge in [-0.2, -0.15) is 0 Å². The predicted octanol–water partition coefficient (Wildman–Crippen LogP) is 3.96. The Balaban J connectivity index is 1.35. The van der Waals surface area contributed by atoms with Crippen molar-refractivity contribution in [1.29, 1.82) is 0 Å². The molecule has 0 spiro atoms. The van der Waals surface area contributed by atoms with Crippen LogP contribution in [0.2, 0.25) is 0 Å². The summed E-state index contributed by atoms with van der Waals surface area (Å²) in [5.41, 5.74) is 3.83. The normalized spacial score (nSPS) is 13.2. The first-order chi connectivity index (χ1) is 13.6. The van der Waals surface area contributed by atoms with Crippen molar-refractivity contribution in [1.82, 2.24) is 10.3 Å². The van der Waals surface area contributed by atoms with Crippen molar-refractivity contribution in [3.63, 3.8) is 0 Å². The van der Waals surface area contributed by atoms with E-state index in [4.69, 9.17) is 9.47 Å². The SMILES string of the molecule is Cc1nc(-c2cccc(NC(C)C(=O)NCc3ccc4c(c3)OCO4)c2)cs1. The zero-order chi connectivity index (χ0) is 19.5. The van der Waals surface area contributed by atoms with Crippen LogP contribution in [0.3, 0.4) is 0 Å². The topological polar surface area (TPSA) is 72.5 Å². The molecule has 0 aliphatic carbocycles. The van der Waals surface area contributed by atoms with Gasteiger partial charge in [-0.3, -0.25) is 4.79 Å². The average molecular weight is 395 g/mol. The number of hydrogen-bond donors (Lipinski definition) is 2. The summed E-state index contributed by atoms with van der Waals surface area (Å²) in [6, 6.07) is 13.2. The Bertz CT molecular complexity index is 1000. The van der Waals surface area contributed by atoms with Crippen LogP contribution in [0.4, 0.5) is 5.69 Å². The molecule has 28 heavy (non-hydrogen) atoms. The maximum atomic E-state index is 12.5. The Morgan fingerprint density at radius 2 is 2.07 bits per heavy atom. The number of carbonyl (C=O) groups is 1. The molecular formula is C21H21N3O3S. The lowest BCUT2D eigenvalue weighted by Gasteiger charge is -2.16. The molecule has 2 N–H and O–H groups in total. The fourth-order valence-corrected chi connectivity index (χ4v) is 3.60. The fraction of sp³-hybridized carbons (Fsp3) is 0.238. The number of aromatic nitrogens is 1. The van der Waals surface area contributed by atoms with Crippen LogP contribution in [0.1, 0.15) is 17.5 Å². The number of hydrogen-bond acceptors (Lipinski definition) is 6. The summed E-state index contributed by atoms with van der Waals surface area (Å²) in [4.78, 5) is 17.0. The van der Waals surface area contributed by atoms with E-state index in [2.05, 4.69) is 15.6 Å². The van der Waals surface area contributed by atoms with Gasteiger partial charge < -0.3 is 20.1 Å². The van der Waals surface area contributed by atoms with Gasteiger partial charge in [-0.1, -0.05) is 18.2 Å². The number of carbonyl (C=O) groups excluding carboxylic acids is 1. The summed E-state index contributed by atoms with van der Waals surface area (Å²) < 4.78 is 10.7. The zero-order valence-corrected chi connectivity index (χ0v) is 16.5. The van der Waals surface area contributed by atoms with Crippen molar-refractivity contribution in [2.24, 2.45) is 0 Å². The molecule has 1 amide bonds. The summed E-state index contributed by atoms with van der Waals surface area (Å²) >= 11 is 1.62. The predicted molar refractivity (Wildman–Crippen MR) is 110 cm³/mol. The van der Waals surface area contributed by atoms with E-state index in [-0.39, 0.29) is 18.7 Å². The van der Waals surface area contributed by atoms with Gasteiger partial charge in [0.25, 0.3) is 0 Å². The van der Waals surface area contributed by atoms with E-state index in [1.165, 1.54) is 0 Å². The van der Waals surface area contributed by atoms with Crippen LogP contribution in [0.5, 0.6) is 11.5 Å². The molecule has 0 saturated heterocycles. The Morgan fingerprint density at radius 1 is 1.21 bits per heavy atom. The smallest absolute Gasteiger partial charge is 0.242 e. The molecule has 4 rings (SSSR count). The summed E-state index contributed by atoms with van der Waals surface area (Å²) in [6.07, 6.45) is 0. The van der Waals surface area contributed by atoms with Crippen LogP contribution in [-0.4, -0.2) is 23.7 Å². The number of nitrogens with zero attached hydrogens (tertiary/aromatic N) is 1. The number of rotatable bonds is 6. The number of amides is 1. The van der Waals surface area contributed by atoms with Gasteiger partial charge in [-0.15, -0.1) is 11.3 Å². The van der Waals surface area contributed by atoms with Gasteiger partial charge in [-0.25, -0.2) is 4.98 Å². The van der Waals surface area contributed by atoms with Crippen LogP contribution in [0.15, 0.2) is 47.8 Å². The molecule has 6 nitrogen and oxygen atoms in total. The standard InChI is InChI=1S/C21H21N3O3S/c1-13(21(25)22-10-15-6-7-19-20(8-15)27-12-26-19)23-17-5-3-4-16(9-17)18-11-28-14(2)24-18/h3-9,11,13,23H,10,12H2,1-2H3,(H,22,25). The van der Waals surface area contributed by atoms with E-state index in [1.807, 2.05) is 61.7 Å². The molecule has 1 aliphatic rings. The summed E-state index contributed by atoms with van der Waals surface area (Å²) in [5, 5.41) is 9.28. The van der Waals surface area contributed by atoms with Crippen molar-refractivity contribution in [3.05, 3.63) is 58.4 Å². The minimum atomic E-state index is -0.374. The van der Waals surface area contributed by atoms with Gasteiger partial charge in [0, 0.05) is 23.2 Å². The third-order valence-electron chi connectivity index (χ3n) is 4.46. The van der Waals surface area contributed by atoms with Gasteiger partial charge in [0.15, 0.2) is 11.5 Å². The molecular weight excluding hydrogens is 374 g/mol. The van der Waals surface area contributed by atoms with Crippen molar-refractivity contribution >= 4 is 22.9 Å². The van der Waals surface area contributed by atoms with Gasteiger partial charge in [0.05, 0.1) is 10.7 Å². The first kappa shape index (κ1) is 18.3. The first-order valence-corrected chi connectivity index (χ1v) is 9.92. The lowest BCUT2D eigenvalue weighted by molar-refractivity contribution is -0.121. The molecule has 0 fully saturated rings. The highest BCUT2D eigenvalue weighted by Crippen LogP contribution is 2.32. The molecule has 7 heteroatoms. The van der Waals surface area contributed by atoms with Gasteiger partial charge in [0.2, 0.25) is 12.7 Å². The lowest BCUT2D eigenvalue weighted by Crippen LogP contribution is -2.37. The van der Waals surface area contributed by atoms with E-state index in [0.717, 1.165) is 33.3 Å². The number of nitrogens with one attached hydrogen (secondary N) is 2. The lowest BCUT2D eigenvalue weighted by atomic mass is 10.1. The van der Waals surface area contributed by atoms with E-state index in [1.54, 1.807) is 11.3 Å². The Labute approximate surface area is 167 Å². The number of thiazole rings is 1. The molecule has 3 aromatic rings. The van der Waals surface area contributed by atoms with E-state index >= 15 is 0 Å². The maximum absolute atomic E-state index is 12.5. The summed E-state index contributed by atoms with van der Waals surface area (Å²) in [5.74, 6) is 1.37. The third-order valence-corrected chi connectivity index (χ3v) is 5.23. The Morgan fingerprint density at radius 3 is 2.89 bits per heavy atom. The van der Waals surface area contributed by atoms with Crippen LogP contribution < -0.4 is 20.1 Å². The molecule has 0 saturated carbocycles. The number of benzene rings is 2. The zero-order valence-electron chi connectivity index (χ0n) is 15.7. The molecule has 144 valence electrons. The highest BCUT2D eigenvalue weighted by molar-refractivity contribution is 7.09. The molecule has 0 bridgehead atoms. The van der Waals surface area contributed by atoms with Crippen LogP contribution in [-0.2, 0) is 11.3 Å². The number of fused-ring (bicyclic) bond motifs is 1. The van der Waals surface area contributed by atoms with Crippen molar-refractivity contribution < 1.29 is 14.3 Å². The Hall–Kier alpha value is -3.06. The number of aryl methyl sites for hydroxylation is 1. The van der Waals surface area contributed by atoms with Crippen molar-refractivity contribution in [2.45, 2.75) is 26.4 Å². The van der Waals surface area contributed by atoms with Gasteiger partial charge >= 0.3 is 0 Å². The van der Waals surface area contributed by atoms with Crippen LogP contribution in [0, 0.1) is 6.92 Å². The third kappa shape index (κ3) is 4.09. The van der Waals surface area contributed by atoms with E-state index in [9.17, 15) is 4.79 Å². The quantitative estimate of drug-likeness (QED) is 0.661. The largest absolute Gasteiger partial charge is 0.454 e. The molecule has 1 unspecified atom stereocenters. The second-order valence-corrected chi connectivity index (χ2v) is 7.67. The molecule has 0 radical (unpaired) electrons. The van der Waals surface area contributed by atoms with E-state index < -0.39 is 0 Å². The maximum Gasteiger partial charge on any atom is 0.242 e. The molecule has 1 atom stereocenters.